The monoisotopic (exact) mass is 253 g/mol. The molecule has 0 spiro atoms. The maximum absolute atomic E-state index is 3.72. The van der Waals surface area contributed by atoms with Crippen molar-refractivity contribution in [3.63, 3.8) is 0 Å². The minimum Gasteiger partial charge on any atom is -0.309 e. The number of hydrogen-bond donors (Lipinski definition) is 1. The first-order chi connectivity index (χ1) is 9.16. The van der Waals surface area contributed by atoms with E-state index in [4.69, 9.17) is 0 Å². The van der Waals surface area contributed by atoms with Gasteiger partial charge in [-0.1, -0.05) is 57.2 Å². The lowest BCUT2D eigenvalue weighted by Crippen LogP contribution is -2.39. The van der Waals surface area contributed by atoms with Crippen LogP contribution >= 0.6 is 0 Å². The SMILES string of the molecule is CC(C)CC1NCc2ccc3ccccc3c2C1C. The Morgan fingerprint density at radius 3 is 2.74 bits per heavy atom. The minimum atomic E-state index is 0.595. The third-order valence-electron chi connectivity index (χ3n) is 4.40. The maximum atomic E-state index is 3.72. The van der Waals surface area contributed by atoms with Gasteiger partial charge in [0.05, 0.1) is 0 Å². The van der Waals surface area contributed by atoms with Crippen molar-refractivity contribution in [1.29, 1.82) is 0 Å². The van der Waals surface area contributed by atoms with Gasteiger partial charge in [0.1, 0.15) is 0 Å². The summed E-state index contributed by atoms with van der Waals surface area (Å²) < 4.78 is 0. The second kappa shape index (κ2) is 4.97. The van der Waals surface area contributed by atoms with Crippen molar-refractivity contribution in [2.45, 2.75) is 45.7 Å². The molecule has 0 saturated carbocycles. The largest absolute Gasteiger partial charge is 0.309 e. The molecule has 1 heteroatoms. The zero-order chi connectivity index (χ0) is 13.4. The zero-order valence-electron chi connectivity index (χ0n) is 12.1. The normalized spacial score (nSPS) is 22.7. The lowest BCUT2D eigenvalue weighted by atomic mass is 9.80. The number of rotatable bonds is 2. The van der Waals surface area contributed by atoms with Gasteiger partial charge in [-0.2, -0.15) is 0 Å². The maximum Gasteiger partial charge on any atom is 0.0211 e. The quantitative estimate of drug-likeness (QED) is 0.833. The molecule has 0 bridgehead atoms. The van der Waals surface area contributed by atoms with E-state index in [1.54, 1.807) is 5.56 Å². The summed E-state index contributed by atoms with van der Waals surface area (Å²) in [5, 5.41) is 6.54. The summed E-state index contributed by atoms with van der Waals surface area (Å²) in [6.07, 6.45) is 1.25. The summed E-state index contributed by atoms with van der Waals surface area (Å²) in [7, 11) is 0. The molecule has 3 rings (SSSR count). The molecular weight excluding hydrogens is 230 g/mol. The van der Waals surface area contributed by atoms with E-state index in [0.717, 1.165) is 12.5 Å². The Labute approximate surface area is 116 Å². The molecule has 0 saturated heterocycles. The molecule has 2 unspecified atom stereocenters. The summed E-state index contributed by atoms with van der Waals surface area (Å²) in [6.45, 7) is 8.02. The Kier molecular flexibility index (Phi) is 3.32. The molecule has 2 aromatic rings. The van der Waals surface area contributed by atoms with Gasteiger partial charge < -0.3 is 5.32 Å². The molecule has 1 aliphatic rings. The smallest absolute Gasteiger partial charge is 0.0211 e. The van der Waals surface area contributed by atoms with Gasteiger partial charge in [0, 0.05) is 12.6 Å². The van der Waals surface area contributed by atoms with Crippen molar-refractivity contribution in [3.8, 4) is 0 Å². The fourth-order valence-electron chi connectivity index (χ4n) is 3.45. The van der Waals surface area contributed by atoms with Crippen LogP contribution in [-0.4, -0.2) is 6.04 Å². The van der Waals surface area contributed by atoms with Crippen LogP contribution in [0.2, 0.25) is 0 Å². The number of hydrogen-bond acceptors (Lipinski definition) is 1. The molecule has 0 radical (unpaired) electrons. The van der Waals surface area contributed by atoms with E-state index in [1.165, 1.54) is 22.8 Å². The molecule has 2 atom stereocenters. The highest BCUT2D eigenvalue weighted by atomic mass is 14.9. The van der Waals surface area contributed by atoms with E-state index in [2.05, 4.69) is 62.5 Å². The molecule has 1 aliphatic heterocycles. The molecule has 100 valence electrons. The number of fused-ring (bicyclic) bond motifs is 3. The Hall–Kier alpha value is -1.34. The fourth-order valence-corrected chi connectivity index (χ4v) is 3.45. The van der Waals surface area contributed by atoms with E-state index < -0.39 is 0 Å². The molecule has 0 amide bonds. The van der Waals surface area contributed by atoms with Gasteiger partial charge in [-0.05, 0) is 40.2 Å². The first kappa shape index (κ1) is 12.7. The summed E-state index contributed by atoms with van der Waals surface area (Å²) in [6, 6.07) is 14.0. The van der Waals surface area contributed by atoms with Crippen LogP contribution in [0.4, 0.5) is 0 Å². The van der Waals surface area contributed by atoms with Crippen LogP contribution < -0.4 is 5.32 Å². The van der Waals surface area contributed by atoms with Gasteiger partial charge in [0.2, 0.25) is 0 Å². The second-order valence-corrected chi connectivity index (χ2v) is 6.27. The first-order valence-electron chi connectivity index (χ1n) is 7.40. The highest BCUT2D eigenvalue weighted by Gasteiger charge is 2.27. The van der Waals surface area contributed by atoms with Crippen LogP contribution in [-0.2, 0) is 6.54 Å². The molecule has 0 aliphatic carbocycles. The number of nitrogens with one attached hydrogen (secondary N) is 1. The van der Waals surface area contributed by atoms with Gasteiger partial charge in [0.25, 0.3) is 0 Å². The van der Waals surface area contributed by atoms with Crippen molar-refractivity contribution in [3.05, 3.63) is 47.5 Å². The second-order valence-electron chi connectivity index (χ2n) is 6.27. The average Bonchev–Trinajstić information content (AvgIpc) is 2.41. The molecule has 1 N–H and O–H groups in total. The van der Waals surface area contributed by atoms with E-state index in [1.807, 2.05) is 0 Å². The van der Waals surface area contributed by atoms with Gasteiger partial charge >= 0.3 is 0 Å². The van der Waals surface area contributed by atoms with Gasteiger partial charge in [-0.15, -0.1) is 0 Å². The topological polar surface area (TPSA) is 12.0 Å². The van der Waals surface area contributed by atoms with Crippen molar-refractivity contribution in [2.24, 2.45) is 5.92 Å². The Balaban J connectivity index is 2.08. The van der Waals surface area contributed by atoms with Gasteiger partial charge in [-0.25, -0.2) is 0 Å². The molecule has 0 aromatic heterocycles. The average molecular weight is 253 g/mol. The molecule has 1 heterocycles. The summed E-state index contributed by atoms with van der Waals surface area (Å²) in [4.78, 5) is 0. The van der Waals surface area contributed by atoms with Crippen LogP contribution in [0.5, 0.6) is 0 Å². The van der Waals surface area contributed by atoms with Crippen LogP contribution in [0, 0.1) is 5.92 Å². The standard InChI is InChI=1S/C18H23N/c1-12(2)10-17-13(3)18-15(11-19-17)9-8-14-6-4-5-7-16(14)18/h4-9,12-13,17,19H,10-11H2,1-3H3. The van der Waals surface area contributed by atoms with Gasteiger partial charge in [0.15, 0.2) is 0 Å². The van der Waals surface area contributed by atoms with Crippen LogP contribution in [0.1, 0.15) is 44.2 Å². The first-order valence-corrected chi connectivity index (χ1v) is 7.40. The molecule has 19 heavy (non-hydrogen) atoms. The lowest BCUT2D eigenvalue weighted by Gasteiger charge is -2.34. The van der Waals surface area contributed by atoms with Crippen LogP contribution in [0.25, 0.3) is 10.8 Å². The highest BCUT2D eigenvalue weighted by molar-refractivity contribution is 5.87. The lowest BCUT2D eigenvalue weighted by molar-refractivity contribution is 0.357. The van der Waals surface area contributed by atoms with Crippen molar-refractivity contribution in [1.82, 2.24) is 5.32 Å². The van der Waals surface area contributed by atoms with E-state index in [0.29, 0.717) is 12.0 Å². The molecule has 1 nitrogen and oxygen atoms in total. The molecular formula is C18H23N. The van der Waals surface area contributed by atoms with Crippen molar-refractivity contribution in [2.75, 3.05) is 0 Å². The van der Waals surface area contributed by atoms with E-state index >= 15 is 0 Å². The van der Waals surface area contributed by atoms with Crippen molar-refractivity contribution < 1.29 is 0 Å². The minimum absolute atomic E-state index is 0.595. The third-order valence-corrected chi connectivity index (χ3v) is 4.40. The summed E-state index contributed by atoms with van der Waals surface area (Å²) in [5.41, 5.74) is 3.05. The van der Waals surface area contributed by atoms with Gasteiger partial charge in [-0.3, -0.25) is 0 Å². The Morgan fingerprint density at radius 2 is 1.95 bits per heavy atom. The summed E-state index contributed by atoms with van der Waals surface area (Å²) >= 11 is 0. The molecule has 0 fully saturated rings. The van der Waals surface area contributed by atoms with Crippen LogP contribution in [0.15, 0.2) is 36.4 Å². The van der Waals surface area contributed by atoms with Crippen molar-refractivity contribution >= 4 is 10.8 Å². The Bertz CT molecular complexity index is 585. The molecule has 2 aromatic carbocycles. The van der Waals surface area contributed by atoms with Crippen LogP contribution in [0.3, 0.4) is 0 Å². The Morgan fingerprint density at radius 1 is 1.16 bits per heavy atom. The van der Waals surface area contributed by atoms with E-state index in [9.17, 15) is 0 Å². The highest BCUT2D eigenvalue weighted by Crippen LogP contribution is 2.35. The summed E-state index contributed by atoms with van der Waals surface area (Å²) in [5.74, 6) is 1.34. The predicted molar refractivity (Wildman–Crippen MR) is 82.4 cm³/mol. The predicted octanol–water partition coefficient (Wildman–Crippen LogP) is 4.46. The zero-order valence-corrected chi connectivity index (χ0v) is 12.1. The number of benzene rings is 2. The fraction of sp³-hybridized carbons (Fsp3) is 0.444. The third kappa shape index (κ3) is 2.28. The van der Waals surface area contributed by atoms with E-state index in [-0.39, 0.29) is 0 Å².